The summed E-state index contributed by atoms with van der Waals surface area (Å²) in [6.45, 7) is 0.609. The quantitative estimate of drug-likeness (QED) is 0.630. The van der Waals surface area contributed by atoms with Crippen molar-refractivity contribution in [2.24, 2.45) is 0 Å². The van der Waals surface area contributed by atoms with Crippen LogP contribution in [0.2, 0.25) is 0 Å². The van der Waals surface area contributed by atoms with E-state index in [-0.39, 0.29) is 16.8 Å². The summed E-state index contributed by atoms with van der Waals surface area (Å²) in [5.41, 5.74) is 2.06. The van der Waals surface area contributed by atoms with Crippen molar-refractivity contribution in [1.82, 2.24) is 9.62 Å². The Labute approximate surface area is 178 Å². The minimum atomic E-state index is -3.44. The van der Waals surface area contributed by atoms with E-state index in [0.717, 1.165) is 42.6 Å². The number of amides is 1. The van der Waals surface area contributed by atoms with E-state index in [4.69, 9.17) is 4.74 Å². The molecule has 30 heavy (non-hydrogen) atoms. The smallest absolute Gasteiger partial charge is 0.240 e. The van der Waals surface area contributed by atoms with Crippen LogP contribution in [-0.2, 0) is 27.8 Å². The highest BCUT2D eigenvalue weighted by Crippen LogP contribution is 2.29. The molecule has 2 fully saturated rings. The van der Waals surface area contributed by atoms with Gasteiger partial charge in [0, 0.05) is 25.0 Å². The van der Waals surface area contributed by atoms with Crippen molar-refractivity contribution < 1.29 is 17.9 Å². The largest absolute Gasteiger partial charge is 0.497 e. The van der Waals surface area contributed by atoms with E-state index >= 15 is 0 Å². The summed E-state index contributed by atoms with van der Waals surface area (Å²) in [6, 6.07) is 15.1. The van der Waals surface area contributed by atoms with Crippen LogP contribution in [0.25, 0.3) is 0 Å². The summed E-state index contributed by atoms with van der Waals surface area (Å²) >= 11 is 0. The second kappa shape index (κ2) is 8.78. The van der Waals surface area contributed by atoms with Crippen LogP contribution in [0.4, 0.5) is 0 Å². The predicted octanol–water partition coefficient (Wildman–Crippen LogP) is 3.26. The Morgan fingerprint density at radius 3 is 2.20 bits per heavy atom. The Morgan fingerprint density at radius 1 is 1.00 bits per heavy atom. The third-order valence-corrected chi connectivity index (χ3v) is 7.12. The van der Waals surface area contributed by atoms with Gasteiger partial charge in [-0.3, -0.25) is 4.79 Å². The fourth-order valence-corrected chi connectivity index (χ4v) is 4.76. The number of nitrogens with zero attached hydrogens (tertiary/aromatic N) is 1. The van der Waals surface area contributed by atoms with Crippen molar-refractivity contribution in [2.45, 2.75) is 62.0 Å². The maximum Gasteiger partial charge on any atom is 0.240 e. The predicted molar refractivity (Wildman–Crippen MR) is 115 cm³/mol. The number of carbonyl (C=O) groups excluding carboxylic acids is 1. The van der Waals surface area contributed by atoms with Gasteiger partial charge in [-0.25, -0.2) is 13.1 Å². The summed E-state index contributed by atoms with van der Waals surface area (Å²) in [5, 5.41) is 0. The van der Waals surface area contributed by atoms with E-state index in [9.17, 15) is 13.2 Å². The zero-order valence-corrected chi connectivity index (χ0v) is 18.0. The molecule has 4 rings (SSSR count). The first-order chi connectivity index (χ1) is 14.4. The molecule has 1 N–H and O–H groups in total. The van der Waals surface area contributed by atoms with E-state index < -0.39 is 10.0 Å². The Morgan fingerprint density at radius 2 is 1.63 bits per heavy atom. The number of carbonyl (C=O) groups is 1. The van der Waals surface area contributed by atoms with Crippen LogP contribution in [0, 0.1) is 0 Å². The second-order valence-corrected chi connectivity index (χ2v) is 9.85. The molecule has 0 unspecified atom stereocenters. The number of sulfonamides is 1. The Kier molecular flexibility index (Phi) is 6.11. The average molecular weight is 429 g/mol. The highest BCUT2D eigenvalue weighted by molar-refractivity contribution is 7.89. The van der Waals surface area contributed by atoms with Gasteiger partial charge >= 0.3 is 0 Å². The molecule has 0 aromatic heterocycles. The van der Waals surface area contributed by atoms with Crippen LogP contribution < -0.4 is 9.46 Å². The Hall–Kier alpha value is -2.38. The van der Waals surface area contributed by atoms with Crippen LogP contribution in [0.3, 0.4) is 0 Å². The number of rotatable bonds is 10. The highest BCUT2D eigenvalue weighted by atomic mass is 32.2. The minimum absolute atomic E-state index is 0.0893. The monoisotopic (exact) mass is 428 g/mol. The van der Waals surface area contributed by atoms with Crippen LogP contribution in [-0.4, -0.2) is 38.4 Å². The summed E-state index contributed by atoms with van der Waals surface area (Å²) in [6.07, 6.45) is 4.95. The van der Waals surface area contributed by atoms with Crippen molar-refractivity contribution in [3.05, 3.63) is 59.7 Å². The molecular formula is C23H28N2O4S. The molecule has 0 bridgehead atoms. The van der Waals surface area contributed by atoms with Crippen LogP contribution >= 0.6 is 0 Å². The minimum Gasteiger partial charge on any atom is -0.497 e. The van der Waals surface area contributed by atoms with E-state index in [1.165, 1.54) is 0 Å². The highest BCUT2D eigenvalue weighted by Gasteiger charge is 2.32. The van der Waals surface area contributed by atoms with Crippen molar-refractivity contribution >= 4 is 15.9 Å². The first kappa shape index (κ1) is 20.9. The molecule has 7 heteroatoms. The normalized spacial score (nSPS) is 16.3. The SMILES string of the molecule is COc1ccc(CN(C(=O)CCc2ccc(S(=O)(=O)NC3CC3)cc2)C2CC2)cc1. The molecule has 0 atom stereocenters. The van der Waals surface area contributed by atoms with Gasteiger partial charge in [-0.1, -0.05) is 24.3 Å². The molecule has 2 saturated carbocycles. The maximum atomic E-state index is 12.9. The first-order valence-corrected chi connectivity index (χ1v) is 12.0. The molecule has 0 saturated heterocycles. The third-order valence-electron chi connectivity index (χ3n) is 5.58. The topological polar surface area (TPSA) is 75.7 Å². The standard InChI is InChI=1S/C23H28N2O4S/c1-29-21-11-2-18(3-12-21)16-25(20-9-10-20)23(26)15-6-17-4-13-22(14-5-17)30(27,28)24-19-7-8-19/h2-5,11-14,19-20,24H,6-10,15-16H2,1H3. The Bertz CT molecular complexity index is 979. The van der Waals surface area contributed by atoms with Gasteiger partial charge in [0.05, 0.1) is 12.0 Å². The van der Waals surface area contributed by atoms with Crippen molar-refractivity contribution in [2.75, 3.05) is 7.11 Å². The molecule has 0 radical (unpaired) electrons. The van der Waals surface area contributed by atoms with Crippen LogP contribution in [0.15, 0.2) is 53.4 Å². The Balaban J connectivity index is 1.34. The summed E-state index contributed by atoms with van der Waals surface area (Å²) < 4.78 is 32.4. The number of hydrogen-bond donors (Lipinski definition) is 1. The lowest BCUT2D eigenvalue weighted by atomic mass is 10.1. The third kappa shape index (κ3) is 5.40. The van der Waals surface area contributed by atoms with E-state index in [0.29, 0.717) is 25.4 Å². The van der Waals surface area contributed by atoms with Crippen LogP contribution in [0.5, 0.6) is 5.75 Å². The molecule has 0 spiro atoms. The van der Waals surface area contributed by atoms with E-state index in [1.807, 2.05) is 29.2 Å². The summed E-state index contributed by atoms with van der Waals surface area (Å²) in [4.78, 5) is 15.1. The number of methoxy groups -OCH3 is 1. The van der Waals surface area contributed by atoms with E-state index in [1.54, 1.807) is 31.4 Å². The molecule has 1 amide bonds. The number of hydrogen-bond acceptors (Lipinski definition) is 4. The van der Waals surface area contributed by atoms with Gasteiger partial charge in [0.15, 0.2) is 0 Å². The zero-order valence-electron chi connectivity index (χ0n) is 17.2. The van der Waals surface area contributed by atoms with Gasteiger partial charge in [-0.05, 0) is 67.5 Å². The fraction of sp³-hybridized carbons (Fsp3) is 0.435. The van der Waals surface area contributed by atoms with Crippen molar-refractivity contribution in [3.8, 4) is 5.75 Å². The average Bonchev–Trinajstić information content (AvgIpc) is 3.66. The molecule has 2 aliphatic rings. The molecule has 2 aliphatic carbocycles. The fourth-order valence-electron chi connectivity index (χ4n) is 3.45. The summed E-state index contributed by atoms with van der Waals surface area (Å²) in [7, 11) is -1.80. The molecule has 160 valence electrons. The van der Waals surface area contributed by atoms with Gasteiger partial charge < -0.3 is 9.64 Å². The second-order valence-electron chi connectivity index (χ2n) is 8.14. The number of ether oxygens (including phenoxy) is 1. The summed E-state index contributed by atoms with van der Waals surface area (Å²) in [5.74, 6) is 0.946. The maximum absolute atomic E-state index is 12.9. The molecule has 2 aromatic carbocycles. The number of aryl methyl sites for hydroxylation is 1. The molecule has 0 aliphatic heterocycles. The lowest BCUT2D eigenvalue weighted by Gasteiger charge is -2.23. The molecular weight excluding hydrogens is 400 g/mol. The lowest BCUT2D eigenvalue weighted by Crippen LogP contribution is -2.32. The van der Waals surface area contributed by atoms with Gasteiger partial charge in [-0.15, -0.1) is 0 Å². The van der Waals surface area contributed by atoms with E-state index in [2.05, 4.69) is 4.72 Å². The number of nitrogens with one attached hydrogen (secondary N) is 1. The number of benzene rings is 2. The molecule has 2 aromatic rings. The van der Waals surface area contributed by atoms with Crippen molar-refractivity contribution in [3.63, 3.8) is 0 Å². The van der Waals surface area contributed by atoms with Crippen LogP contribution in [0.1, 0.15) is 43.2 Å². The lowest BCUT2D eigenvalue weighted by molar-refractivity contribution is -0.132. The van der Waals surface area contributed by atoms with Gasteiger partial charge in [0.1, 0.15) is 5.75 Å². The zero-order chi connectivity index (χ0) is 21.1. The molecule has 6 nitrogen and oxygen atoms in total. The molecule has 0 heterocycles. The first-order valence-electron chi connectivity index (χ1n) is 10.5. The van der Waals surface area contributed by atoms with Crippen molar-refractivity contribution in [1.29, 1.82) is 0 Å². The van der Waals surface area contributed by atoms with Gasteiger partial charge in [0.25, 0.3) is 0 Å². The van der Waals surface area contributed by atoms with Gasteiger partial charge in [0.2, 0.25) is 15.9 Å². The van der Waals surface area contributed by atoms with Gasteiger partial charge in [-0.2, -0.15) is 0 Å².